The van der Waals surface area contributed by atoms with Crippen LogP contribution in [0.15, 0.2) is 42.0 Å². The number of benzene rings is 2. The first-order valence-electron chi connectivity index (χ1n) is 11.1. The van der Waals surface area contributed by atoms with Crippen molar-refractivity contribution in [1.82, 2.24) is 4.90 Å². The number of ether oxygens (including phenoxy) is 2. The Morgan fingerprint density at radius 1 is 1.18 bits per heavy atom. The zero-order valence-electron chi connectivity index (χ0n) is 19.8. The molecule has 0 saturated carbocycles. The maximum absolute atomic E-state index is 13.1. The molecule has 3 rings (SSSR count). The highest BCUT2D eigenvalue weighted by atomic mass is 35.5. The molecule has 1 unspecified atom stereocenters. The topological polar surface area (TPSA) is 96.3 Å². The highest BCUT2D eigenvalue weighted by Crippen LogP contribution is 2.41. The number of amides is 1. The molecule has 182 valence electrons. The van der Waals surface area contributed by atoms with Gasteiger partial charge < -0.3 is 24.6 Å². The van der Waals surface area contributed by atoms with Crippen molar-refractivity contribution in [2.24, 2.45) is 5.92 Å². The van der Waals surface area contributed by atoms with Crippen LogP contribution in [0.25, 0.3) is 5.76 Å². The molecule has 8 heteroatoms. The van der Waals surface area contributed by atoms with E-state index in [1.807, 2.05) is 6.92 Å². The molecule has 2 aromatic carbocycles. The number of aryl methyl sites for hydroxylation is 1. The number of nitrogens with zero attached hydrogens (tertiary/aromatic N) is 1. The predicted molar refractivity (Wildman–Crippen MR) is 130 cm³/mol. The Kier molecular flexibility index (Phi) is 8.23. The zero-order chi connectivity index (χ0) is 25.0. The number of likely N-dealkylation sites (tertiary alicyclic amines) is 1. The minimum absolute atomic E-state index is 0.0283. The van der Waals surface area contributed by atoms with Crippen molar-refractivity contribution >= 4 is 29.1 Å². The molecule has 1 aliphatic rings. The van der Waals surface area contributed by atoms with Crippen LogP contribution in [0.2, 0.25) is 5.02 Å². The van der Waals surface area contributed by atoms with Crippen molar-refractivity contribution in [1.29, 1.82) is 0 Å². The van der Waals surface area contributed by atoms with Gasteiger partial charge in [0.15, 0.2) is 0 Å². The minimum Gasteiger partial charge on any atom is -0.507 e. The highest BCUT2D eigenvalue weighted by molar-refractivity contribution is 6.46. The van der Waals surface area contributed by atoms with Crippen molar-refractivity contribution in [2.75, 3.05) is 26.9 Å². The molecule has 0 bridgehead atoms. The van der Waals surface area contributed by atoms with E-state index in [2.05, 4.69) is 13.8 Å². The molecule has 7 nitrogen and oxygen atoms in total. The van der Waals surface area contributed by atoms with E-state index >= 15 is 0 Å². The van der Waals surface area contributed by atoms with Gasteiger partial charge in [0, 0.05) is 25.8 Å². The molecule has 1 amide bonds. The minimum atomic E-state index is -0.855. The Labute approximate surface area is 204 Å². The first-order valence-corrected chi connectivity index (χ1v) is 11.5. The number of phenols is 1. The molecular formula is C26H30ClNO6. The van der Waals surface area contributed by atoms with Crippen LogP contribution in [0.1, 0.15) is 43.0 Å². The number of carbonyl (C=O) groups is 2. The summed E-state index contributed by atoms with van der Waals surface area (Å²) in [4.78, 5) is 27.4. The zero-order valence-corrected chi connectivity index (χ0v) is 20.6. The average molecular weight is 488 g/mol. The third-order valence-corrected chi connectivity index (χ3v) is 5.90. The Hall–Kier alpha value is -3.03. The lowest BCUT2D eigenvalue weighted by atomic mass is 9.94. The number of ketones is 1. The average Bonchev–Trinajstić information content (AvgIpc) is 3.04. The molecule has 0 aromatic heterocycles. The number of phenolic OH excluding ortho intramolecular Hbond substituents is 1. The van der Waals surface area contributed by atoms with Crippen LogP contribution in [0.3, 0.4) is 0 Å². The van der Waals surface area contributed by atoms with Gasteiger partial charge in [0.25, 0.3) is 11.7 Å². The van der Waals surface area contributed by atoms with Crippen molar-refractivity contribution < 1.29 is 29.3 Å². The van der Waals surface area contributed by atoms with Crippen molar-refractivity contribution in [2.45, 2.75) is 33.2 Å². The van der Waals surface area contributed by atoms with E-state index in [1.165, 1.54) is 17.0 Å². The monoisotopic (exact) mass is 487 g/mol. The van der Waals surface area contributed by atoms with Crippen molar-refractivity contribution in [3.63, 3.8) is 0 Å². The summed E-state index contributed by atoms with van der Waals surface area (Å²) in [6.45, 7) is 7.17. The van der Waals surface area contributed by atoms with Gasteiger partial charge in [-0.3, -0.25) is 9.59 Å². The number of Topliss-reactive ketones (excluding diaryl/α,β-unsaturated/α-hetero) is 1. The van der Waals surface area contributed by atoms with E-state index in [9.17, 15) is 19.8 Å². The summed E-state index contributed by atoms with van der Waals surface area (Å²) >= 11 is 6.12. The third-order valence-electron chi connectivity index (χ3n) is 5.60. The normalized spacial score (nSPS) is 17.6. The third kappa shape index (κ3) is 5.37. The molecule has 0 aliphatic carbocycles. The summed E-state index contributed by atoms with van der Waals surface area (Å²) in [5, 5.41) is 21.2. The SMILES string of the molecule is COCCCN1C(=O)C(=O)/C(=C(\O)c2ccc(OCC(C)C)c(C)c2)C1c1ccc(O)c(Cl)c1. The predicted octanol–water partition coefficient (Wildman–Crippen LogP) is 4.85. The fraction of sp³-hybridized carbons (Fsp3) is 0.385. The fourth-order valence-electron chi connectivity index (χ4n) is 3.90. The van der Waals surface area contributed by atoms with Crippen LogP contribution < -0.4 is 4.74 Å². The lowest BCUT2D eigenvalue weighted by Gasteiger charge is -2.25. The standard InChI is InChI=1S/C26H30ClNO6/c1-15(2)14-34-21-9-7-18(12-16(21)3)24(30)22-23(17-6-8-20(29)19(27)13-17)28(10-5-11-33-4)26(32)25(22)31/h6-9,12-13,15,23,29-30H,5,10-11,14H2,1-4H3/b24-22-. The fourth-order valence-corrected chi connectivity index (χ4v) is 4.09. The number of methoxy groups -OCH3 is 1. The van der Waals surface area contributed by atoms with Gasteiger partial charge in [-0.15, -0.1) is 0 Å². The largest absolute Gasteiger partial charge is 0.507 e. The van der Waals surface area contributed by atoms with Gasteiger partial charge >= 0.3 is 0 Å². The Morgan fingerprint density at radius 2 is 1.91 bits per heavy atom. The van der Waals surface area contributed by atoms with Gasteiger partial charge in [-0.05, 0) is 60.7 Å². The van der Waals surface area contributed by atoms with Crippen LogP contribution in [-0.4, -0.2) is 53.7 Å². The number of rotatable bonds is 9. The van der Waals surface area contributed by atoms with Gasteiger partial charge in [-0.1, -0.05) is 31.5 Å². The first-order chi connectivity index (χ1) is 16.1. The van der Waals surface area contributed by atoms with E-state index < -0.39 is 17.7 Å². The quantitative estimate of drug-likeness (QED) is 0.227. The molecular weight excluding hydrogens is 458 g/mol. The maximum Gasteiger partial charge on any atom is 0.295 e. The lowest BCUT2D eigenvalue weighted by molar-refractivity contribution is -0.140. The van der Waals surface area contributed by atoms with Gasteiger partial charge in [0.2, 0.25) is 0 Å². The maximum atomic E-state index is 13.1. The Morgan fingerprint density at radius 3 is 2.53 bits per heavy atom. The van der Waals surface area contributed by atoms with Gasteiger partial charge in [-0.25, -0.2) is 0 Å². The summed E-state index contributed by atoms with van der Waals surface area (Å²) in [6.07, 6.45) is 0.507. The van der Waals surface area contributed by atoms with Crippen LogP contribution in [0.4, 0.5) is 0 Å². The van der Waals surface area contributed by atoms with Crippen LogP contribution in [-0.2, 0) is 14.3 Å². The summed E-state index contributed by atoms with van der Waals surface area (Å²) in [5.74, 6) is -0.831. The number of halogens is 1. The molecule has 34 heavy (non-hydrogen) atoms. The Balaban J connectivity index is 2.08. The van der Waals surface area contributed by atoms with Gasteiger partial charge in [-0.2, -0.15) is 0 Å². The first kappa shape index (κ1) is 25.6. The number of aliphatic hydroxyl groups is 1. The van der Waals surface area contributed by atoms with E-state index in [-0.39, 0.29) is 28.6 Å². The summed E-state index contributed by atoms with van der Waals surface area (Å²) in [5.41, 5.74) is 1.68. The Bertz CT molecular complexity index is 1110. The van der Waals surface area contributed by atoms with E-state index in [4.69, 9.17) is 21.1 Å². The molecule has 1 aliphatic heterocycles. The molecule has 0 spiro atoms. The molecule has 2 N–H and O–H groups in total. The van der Waals surface area contributed by atoms with Crippen LogP contribution in [0.5, 0.6) is 11.5 Å². The summed E-state index contributed by atoms with van der Waals surface area (Å²) in [6, 6.07) is 8.76. The second kappa shape index (κ2) is 10.9. The molecule has 1 atom stereocenters. The van der Waals surface area contributed by atoms with Crippen LogP contribution in [0, 0.1) is 12.8 Å². The van der Waals surface area contributed by atoms with Crippen molar-refractivity contribution in [3.05, 3.63) is 63.7 Å². The molecule has 2 aromatic rings. The number of carbonyl (C=O) groups excluding carboxylic acids is 2. The van der Waals surface area contributed by atoms with Crippen molar-refractivity contribution in [3.8, 4) is 11.5 Å². The lowest BCUT2D eigenvalue weighted by Crippen LogP contribution is -2.31. The highest BCUT2D eigenvalue weighted by Gasteiger charge is 2.46. The molecule has 1 heterocycles. The van der Waals surface area contributed by atoms with Crippen LogP contribution >= 0.6 is 11.6 Å². The number of hydrogen-bond donors (Lipinski definition) is 2. The van der Waals surface area contributed by atoms with E-state index in [1.54, 1.807) is 31.4 Å². The second-order valence-electron chi connectivity index (χ2n) is 8.73. The smallest absolute Gasteiger partial charge is 0.295 e. The number of aliphatic hydroxyl groups excluding tert-OH is 1. The van der Waals surface area contributed by atoms with Gasteiger partial charge in [0.05, 0.1) is 23.2 Å². The summed E-state index contributed by atoms with van der Waals surface area (Å²) in [7, 11) is 1.56. The number of hydrogen-bond acceptors (Lipinski definition) is 6. The molecule has 1 saturated heterocycles. The van der Waals surface area contributed by atoms with E-state index in [0.717, 1.165) is 5.56 Å². The second-order valence-corrected chi connectivity index (χ2v) is 9.14. The summed E-state index contributed by atoms with van der Waals surface area (Å²) < 4.78 is 10.9. The molecule has 1 fully saturated rings. The molecule has 0 radical (unpaired) electrons. The van der Waals surface area contributed by atoms with E-state index in [0.29, 0.717) is 42.4 Å². The number of aromatic hydroxyl groups is 1. The van der Waals surface area contributed by atoms with Gasteiger partial charge in [0.1, 0.15) is 17.3 Å².